The molecule has 0 fully saturated rings. The van der Waals surface area contributed by atoms with Crippen molar-refractivity contribution in [2.45, 2.75) is 19.8 Å². The Morgan fingerprint density at radius 2 is 2.22 bits per heavy atom. The maximum atomic E-state index is 8.35. The molecule has 0 amide bonds. The van der Waals surface area contributed by atoms with E-state index in [2.05, 4.69) is 6.58 Å². The van der Waals surface area contributed by atoms with Crippen LogP contribution in [0.4, 0.5) is 0 Å². The number of unbranched alkanes of at least 4 members (excludes halogenated alkanes) is 1. The highest BCUT2D eigenvalue weighted by Gasteiger charge is 1.86. The van der Waals surface area contributed by atoms with Gasteiger partial charge in [-0.25, -0.2) is 0 Å². The second kappa shape index (κ2) is 5.63. The van der Waals surface area contributed by atoms with Crippen LogP contribution in [0.1, 0.15) is 19.8 Å². The summed E-state index contributed by atoms with van der Waals surface area (Å²) in [5.41, 5.74) is 0. The van der Waals surface area contributed by atoms with Crippen molar-refractivity contribution >= 4 is 0 Å². The van der Waals surface area contributed by atoms with Crippen molar-refractivity contribution in [3.05, 3.63) is 12.3 Å². The molecule has 0 radical (unpaired) electrons. The fraction of sp³-hybridized carbons (Fsp3) is 0.714. The zero-order valence-corrected chi connectivity index (χ0v) is 5.89. The fourth-order valence-electron chi connectivity index (χ4n) is 0.460. The Balaban J connectivity index is 2.83. The van der Waals surface area contributed by atoms with Crippen LogP contribution in [-0.2, 0) is 4.74 Å². The lowest BCUT2D eigenvalue weighted by Crippen LogP contribution is -1.92. The first-order valence-corrected chi connectivity index (χ1v) is 3.16. The molecule has 0 aromatic heterocycles. The third-order valence-electron chi connectivity index (χ3n) is 0.901. The molecule has 0 atom stereocenters. The van der Waals surface area contributed by atoms with Gasteiger partial charge in [-0.05, 0) is 19.8 Å². The number of hydrogen-bond donors (Lipinski definition) is 1. The van der Waals surface area contributed by atoms with Crippen LogP contribution in [0.2, 0.25) is 0 Å². The highest BCUT2D eigenvalue weighted by atomic mass is 16.5. The lowest BCUT2D eigenvalue weighted by atomic mass is 10.3. The molecular formula is C7H14O2. The van der Waals surface area contributed by atoms with Gasteiger partial charge < -0.3 is 9.84 Å². The van der Waals surface area contributed by atoms with E-state index in [1.54, 1.807) is 0 Å². The van der Waals surface area contributed by atoms with Gasteiger partial charge in [0.2, 0.25) is 0 Å². The second-order valence-corrected chi connectivity index (χ2v) is 1.98. The van der Waals surface area contributed by atoms with E-state index >= 15 is 0 Å². The number of allylic oxidation sites excluding steroid dienone is 1. The Kier molecular flexibility index (Phi) is 5.32. The van der Waals surface area contributed by atoms with Crippen LogP contribution in [0.3, 0.4) is 0 Å². The van der Waals surface area contributed by atoms with Crippen molar-refractivity contribution in [3.8, 4) is 0 Å². The molecule has 0 saturated carbocycles. The summed E-state index contributed by atoms with van der Waals surface area (Å²) in [6.07, 6.45) is 1.72. The molecule has 1 N–H and O–H groups in total. The smallest absolute Gasteiger partial charge is 0.0877 e. The van der Waals surface area contributed by atoms with Crippen molar-refractivity contribution in [1.29, 1.82) is 0 Å². The average Bonchev–Trinajstić information content (AvgIpc) is 1.80. The van der Waals surface area contributed by atoms with Gasteiger partial charge in [0.25, 0.3) is 0 Å². The first kappa shape index (κ1) is 8.50. The van der Waals surface area contributed by atoms with Crippen LogP contribution in [0.25, 0.3) is 0 Å². The van der Waals surface area contributed by atoms with Gasteiger partial charge in [-0.3, -0.25) is 0 Å². The molecule has 0 unspecified atom stereocenters. The quantitative estimate of drug-likeness (QED) is 0.449. The second-order valence-electron chi connectivity index (χ2n) is 1.98. The van der Waals surface area contributed by atoms with E-state index in [0.717, 1.165) is 18.6 Å². The number of aliphatic hydroxyl groups excluding tert-OH is 1. The third-order valence-corrected chi connectivity index (χ3v) is 0.901. The van der Waals surface area contributed by atoms with Crippen molar-refractivity contribution < 1.29 is 9.84 Å². The molecule has 0 rings (SSSR count). The highest BCUT2D eigenvalue weighted by molar-refractivity contribution is 4.72. The zero-order chi connectivity index (χ0) is 7.11. The minimum absolute atomic E-state index is 0.250. The molecule has 0 aromatic carbocycles. The molecule has 0 aliphatic carbocycles. The van der Waals surface area contributed by atoms with E-state index in [0.29, 0.717) is 6.61 Å². The van der Waals surface area contributed by atoms with Gasteiger partial charge in [0.1, 0.15) is 0 Å². The summed E-state index contributed by atoms with van der Waals surface area (Å²) in [6.45, 7) is 6.31. The van der Waals surface area contributed by atoms with E-state index in [1.807, 2.05) is 6.92 Å². The van der Waals surface area contributed by atoms with E-state index < -0.39 is 0 Å². The molecule has 0 heterocycles. The zero-order valence-electron chi connectivity index (χ0n) is 5.89. The number of rotatable bonds is 5. The van der Waals surface area contributed by atoms with Crippen LogP contribution >= 0.6 is 0 Å². The Labute approximate surface area is 56.1 Å². The van der Waals surface area contributed by atoms with E-state index in [1.165, 1.54) is 0 Å². The third kappa shape index (κ3) is 7.50. The first-order chi connectivity index (χ1) is 4.27. The molecule has 0 aliphatic rings. The van der Waals surface area contributed by atoms with Gasteiger partial charge >= 0.3 is 0 Å². The lowest BCUT2D eigenvalue weighted by Gasteiger charge is -2.02. The molecule has 0 bridgehead atoms. The summed E-state index contributed by atoms with van der Waals surface area (Å²) in [4.78, 5) is 0. The average molecular weight is 130 g/mol. The largest absolute Gasteiger partial charge is 0.499 e. The maximum Gasteiger partial charge on any atom is 0.0877 e. The number of ether oxygens (including phenoxy) is 1. The summed E-state index contributed by atoms with van der Waals surface area (Å²) in [7, 11) is 0. The highest BCUT2D eigenvalue weighted by Crippen LogP contribution is 1.94. The summed E-state index contributed by atoms with van der Waals surface area (Å²) < 4.78 is 5.04. The van der Waals surface area contributed by atoms with Gasteiger partial charge in [0.05, 0.1) is 12.4 Å². The Hall–Kier alpha value is -0.500. The molecule has 0 aromatic rings. The van der Waals surface area contributed by atoms with E-state index in [9.17, 15) is 0 Å². The van der Waals surface area contributed by atoms with Crippen LogP contribution < -0.4 is 0 Å². The predicted octanol–water partition coefficient (Wildman–Crippen LogP) is 1.31. The van der Waals surface area contributed by atoms with Gasteiger partial charge in [0.15, 0.2) is 0 Å². The van der Waals surface area contributed by atoms with Crippen LogP contribution in [-0.4, -0.2) is 18.3 Å². The van der Waals surface area contributed by atoms with Gasteiger partial charge in [0, 0.05) is 6.61 Å². The van der Waals surface area contributed by atoms with E-state index in [4.69, 9.17) is 9.84 Å². The summed E-state index contributed by atoms with van der Waals surface area (Å²) in [5.74, 6) is 0.743. The Morgan fingerprint density at radius 1 is 1.56 bits per heavy atom. The summed E-state index contributed by atoms with van der Waals surface area (Å²) in [5, 5.41) is 8.35. The van der Waals surface area contributed by atoms with Gasteiger partial charge in [-0.1, -0.05) is 6.58 Å². The molecule has 0 spiro atoms. The predicted molar refractivity (Wildman–Crippen MR) is 37.1 cm³/mol. The van der Waals surface area contributed by atoms with E-state index in [-0.39, 0.29) is 6.61 Å². The topological polar surface area (TPSA) is 29.5 Å². The molecule has 0 saturated heterocycles. The van der Waals surface area contributed by atoms with Crippen molar-refractivity contribution in [1.82, 2.24) is 0 Å². The number of aliphatic hydroxyl groups is 1. The molecule has 9 heavy (non-hydrogen) atoms. The van der Waals surface area contributed by atoms with Gasteiger partial charge in [-0.15, -0.1) is 0 Å². The normalized spacial score (nSPS) is 9.11. The summed E-state index contributed by atoms with van der Waals surface area (Å²) in [6, 6.07) is 0. The van der Waals surface area contributed by atoms with Crippen molar-refractivity contribution in [3.63, 3.8) is 0 Å². The van der Waals surface area contributed by atoms with Crippen molar-refractivity contribution in [2.24, 2.45) is 0 Å². The molecule has 0 aliphatic heterocycles. The van der Waals surface area contributed by atoms with Crippen molar-refractivity contribution in [2.75, 3.05) is 13.2 Å². The Morgan fingerprint density at radius 3 is 2.67 bits per heavy atom. The molecule has 2 heteroatoms. The SMILES string of the molecule is C=C(C)OCCCCO. The maximum absolute atomic E-state index is 8.35. The molecule has 54 valence electrons. The van der Waals surface area contributed by atoms with Crippen LogP contribution in [0.5, 0.6) is 0 Å². The lowest BCUT2D eigenvalue weighted by molar-refractivity contribution is 0.195. The minimum atomic E-state index is 0.250. The van der Waals surface area contributed by atoms with Gasteiger partial charge in [-0.2, -0.15) is 0 Å². The standard InChI is InChI=1S/C7H14O2/c1-7(2)9-6-4-3-5-8/h8H,1,3-6H2,2H3. The number of hydrogen-bond acceptors (Lipinski definition) is 2. The van der Waals surface area contributed by atoms with Crippen LogP contribution in [0, 0.1) is 0 Å². The fourth-order valence-corrected chi connectivity index (χ4v) is 0.460. The monoisotopic (exact) mass is 130 g/mol. The first-order valence-electron chi connectivity index (χ1n) is 3.16. The molecule has 2 nitrogen and oxygen atoms in total. The van der Waals surface area contributed by atoms with Crippen LogP contribution in [0.15, 0.2) is 12.3 Å². The minimum Gasteiger partial charge on any atom is -0.499 e. The Bertz CT molecular complexity index is 79.0. The summed E-state index contributed by atoms with van der Waals surface area (Å²) >= 11 is 0. The molecular weight excluding hydrogens is 116 g/mol.